The lowest BCUT2D eigenvalue weighted by Gasteiger charge is -2.18. The van der Waals surface area contributed by atoms with Gasteiger partial charge in [-0.05, 0) is 18.8 Å². The van der Waals surface area contributed by atoms with Crippen LogP contribution in [0.15, 0.2) is 6.20 Å². The van der Waals surface area contributed by atoms with Crippen molar-refractivity contribution in [3.63, 3.8) is 0 Å². The maximum atomic E-state index is 12.0. The maximum Gasteiger partial charge on any atom is 0.273 e. The Kier molecular flexibility index (Phi) is 5.49. The molecule has 0 aromatic carbocycles. The van der Waals surface area contributed by atoms with E-state index < -0.39 is 0 Å². The Balaban J connectivity index is 1.91. The van der Waals surface area contributed by atoms with E-state index in [-0.39, 0.29) is 18.6 Å². The highest BCUT2D eigenvalue weighted by Crippen LogP contribution is 2.22. The van der Waals surface area contributed by atoms with Crippen LogP contribution in [0.4, 0.5) is 0 Å². The normalized spacial score (nSPS) is 23.1. The molecule has 7 heteroatoms. The van der Waals surface area contributed by atoms with E-state index in [0.717, 1.165) is 38.9 Å². The third kappa shape index (κ3) is 3.77. The molecule has 1 amide bonds. The van der Waals surface area contributed by atoms with Gasteiger partial charge in [-0.1, -0.05) is 13.3 Å². The number of nitrogens with one attached hydrogen (secondary N) is 2. The number of hydrogen-bond donors (Lipinski definition) is 3. The number of rotatable bonds is 7. The minimum absolute atomic E-state index is 0.151. The lowest BCUT2D eigenvalue weighted by atomic mass is 9.98. The predicted octanol–water partition coefficient (Wildman–Crippen LogP) is 0.0174. The van der Waals surface area contributed by atoms with Crippen molar-refractivity contribution in [2.45, 2.75) is 32.2 Å². The van der Waals surface area contributed by atoms with Crippen LogP contribution < -0.4 is 5.32 Å². The Morgan fingerprint density at radius 3 is 3.10 bits per heavy atom. The third-order valence-electron chi connectivity index (χ3n) is 3.77. The standard InChI is InChI=1S/C13H23N5O2/c1-2-4-10-8-18(5-3-6-19)9-12(10)15-13(20)11-7-14-17-16-11/h7,10,12,19H,2-6,8-9H2,1H3,(H,15,20)(H,14,16,17)/t10-,12-/m0/s1. The average Bonchev–Trinajstić information content (AvgIpc) is 3.07. The molecule has 0 bridgehead atoms. The molecule has 112 valence electrons. The highest BCUT2D eigenvalue weighted by molar-refractivity contribution is 5.92. The van der Waals surface area contributed by atoms with Gasteiger partial charge in [0.1, 0.15) is 0 Å². The van der Waals surface area contributed by atoms with Gasteiger partial charge in [0.15, 0.2) is 5.69 Å². The zero-order valence-electron chi connectivity index (χ0n) is 11.9. The lowest BCUT2D eigenvalue weighted by molar-refractivity contribution is 0.0923. The highest BCUT2D eigenvalue weighted by atomic mass is 16.3. The molecule has 0 unspecified atom stereocenters. The van der Waals surface area contributed by atoms with Crippen LogP contribution in [0.25, 0.3) is 0 Å². The van der Waals surface area contributed by atoms with E-state index in [1.807, 2.05) is 0 Å². The second-order valence-corrected chi connectivity index (χ2v) is 5.32. The molecule has 1 aromatic heterocycles. The number of nitrogens with zero attached hydrogens (tertiary/aromatic N) is 3. The number of aromatic nitrogens is 3. The van der Waals surface area contributed by atoms with Crippen LogP contribution in [0.3, 0.4) is 0 Å². The van der Waals surface area contributed by atoms with Crippen molar-refractivity contribution in [3.05, 3.63) is 11.9 Å². The predicted molar refractivity (Wildman–Crippen MR) is 74.2 cm³/mol. The number of carbonyl (C=O) groups excluding carboxylic acids is 1. The van der Waals surface area contributed by atoms with Crippen LogP contribution >= 0.6 is 0 Å². The summed E-state index contributed by atoms with van der Waals surface area (Å²) in [5.74, 6) is 0.295. The van der Waals surface area contributed by atoms with E-state index in [1.165, 1.54) is 6.20 Å². The van der Waals surface area contributed by atoms with E-state index in [1.54, 1.807) is 0 Å². The topological polar surface area (TPSA) is 94.1 Å². The molecule has 1 aliphatic heterocycles. The summed E-state index contributed by atoms with van der Waals surface area (Å²) in [5, 5.41) is 21.9. The molecule has 0 radical (unpaired) electrons. The quantitative estimate of drug-likeness (QED) is 0.655. The third-order valence-corrected chi connectivity index (χ3v) is 3.77. The van der Waals surface area contributed by atoms with Crippen molar-refractivity contribution in [2.75, 3.05) is 26.2 Å². The van der Waals surface area contributed by atoms with Gasteiger partial charge in [-0.2, -0.15) is 15.4 Å². The molecule has 1 fully saturated rings. The van der Waals surface area contributed by atoms with Gasteiger partial charge in [-0.25, -0.2) is 0 Å². The highest BCUT2D eigenvalue weighted by Gasteiger charge is 2.33. The Morgan fingerprint density at radius 1 is 1.60 bits per heavy atom. The van der Waals surface area contributed by atoms with E-state index in [9.17, 15) is 4.79 Å². The Hall–Kier alpha value is -1.47. The van der Waals surface area contributed by atoms with E-state index in [4.69, 9.17) is 5.11 Å². The maximum absolute atomic E-state index is 12.0. The van der Waals surface area contributed by atoms with Gasteiger partial charge >= 0.3 is 0 Å². The van der Waals surface area contributed by atoms with E-state index in [0.29, 0.717) is 11.6 Å². The fraction of sp³-hybridized carbons (Fsp3) is 0.769. The smallest absolute Gasteiger partial charge is 0.273 e. The SMILES string of the molecule is CCC[C@H]1CN(CCCO)C[C@@H]1NC(=O)c1cn[nH]n1. The fourth-order valence-electron chi connectivity index (χ4n) is 2.82. The molecule has 1 aliphatic rings. The number of likely N-dealkylation sites (tertiary alicyclic amines) is 1. The summed E-state index contributed by atoms with van der Waals surface area (Å²) >= 11 is 0. The van der Waals surface area contributed by atoms with Crippen LogP contribution in [-0.4, -0.2) is 63.6 Å². The van der Waals surface area contributed by atoms with Gasteiger partial charge in [0.2, 0.25) is 0 Å². The van der Waals surface area contributed by atoms with Crippen molar-refractivity contribution in [1.29, 1.82) is 0 Å². The van der Waals surface area contributed by atoms with Gasteiger partial charge in [0.05, 0.1) is 6.20 Å². The van der Waals surface area contributed by atoms with E-state index >= 15 is 0 Å². The Labute approximate surface area is 118 Å². The number of aromatic amines is 1. The molecule has 7 nitrogen and oxygen atoms in total. The summed E-state index contributed by atoms with van der Waals surface area (Å²) in [5.41, 5.74) is 0.328. The molecular formula is C13H23N5O2. The summed E-state index contributed by atoms with van der Waals surface area (Å²) in [6.45, 7) is 5.08. The molecule has 3 N–H and O–H groups in total. The molecular weight excluding hydrogens is 258 g/mol. The second kappa shape index (κ2) is 7.35. The molecule has 0 aliphatic carbocycles. The van der Waals surface area contributed by atoms with Gasteiger partial charge in [0, 0.05) is 32.3 Å². The first kappa shape index (κ1) is 14.9. The largest absolute Gasteiger partial charge is 0.396 e. The molecule has 0 spiro atoms. The first-order chi connectivity index (χ1) is 9.74. The lowest BCUT2D eigenvalue weighted by Crippen LogP contribution is -2.40. The van der Waals surface area contributed by atoms with Gasteiger partial charge in [0.25, 0.3) is 5.91 Å². The zero-order valence-corrected chi connectivity index (χ0v) is 11.9. The molecule has 1 aromatic rings. The minimum Gasteiger partial charge on any atom is -0.396 e. The molecule has 20 heavy (non-hydrogen) atoms. The number of hydrogen-bond acceptors (Lipinski definition) is 5. The number of H-pyrrole nitrogens is 1. The first-order valence-corrected chi connectivity index (χ1v) is 7.24. The molecule has 1 saturated heterocycles. The van der Waals surface area contributed by atoms with E-state index in [2.05, 4.69) is 32.6 Å². The van der Waals surface area contributed by atoms with Gasteiger partial charge in [-0.15, -0.1) is 0 Å². The molecule has 2 atom stereocenters. The van der Waals surface area contributed by atoms with Crippen LogP contribution in [0.5, 0.6) is 0 Å². The minimum atomic E-state index is -0.172. The Morgan fingerprint density at radius 2 is 2.45 bits per heavy atom. The second-order valence-electron chi connectivity index (χ2n) is 5.32. The zero-order chi connectivity index (χ0) is 14.4. The number of amides is 1. The van der Waals surface area contributed by atoms with Crippen LogP contribution in [-0.2, 0) is 0 Å². The van der Waals surface area contributed by atoms with Crippen LogP contribution in [0.1, 0.15) is 36.7 Å². The van der Waals surface area contributed by atoms with Crippen molar-refractivity contribution < 1.29 is 9.90 Å². The first-order valence-electron chi connectivity index (χ1n) is 7.24. The monoisotopic (exact) mass is 281 g/mol. The van der Waals surface area contributed by atoms with Crippen molar-refractivity contribution >= 4 is 5.91 Å². The summed E-state index contributed by atoms with van der Waals surface area (Å²) in [7, 11) is 0. The molecule has 2 rings (SSSR count). The number of aliphatic hydroxyl groups excluding tert-OH is 1. The Bertz CT molecular complexity index is 409. The van der Waals surface area contributed by atoms with Crippen molar-refractivity contribution in [3.8, 4) is 0 Å². The summed E-state index contributed by atoms with van der Waals surface area (Å²) in [4.78, 5) is 14.3. The van der Waals surface area contributed by atoms with Crippen molar-refractivity contribution in [2.24, 2.45) is 5.92 Å². The number of aliphatic hydroxyl groups is 1. The average molecular weight is 281 g/mol. The van der Waals surface area contributed by atoms with Gasteiger partial charge < -0.3 is 15.3 Å². The fourth-order valence-corrected chi connectivity index (χ4v) is 2.82. The van der Waals surface area contributed by atoms with Crippen LogP contribution in [0.2, 0.25) is 0 Å². The summed E-state index contributed by atoms with van der Waals surface area (Å²) in [6, 6.07) is 0.151. The van der Waals surface area contributed by atoms with Gasteiger partial charge in [-0.3, -0.25) is 4.79 Å². The van der Waals surface area contributed by atoms with Crippen molar-refractivity contribution in [1.82, 2.24) is 25.6 Å². The van der Waals surface area contributed by atoms with Crippen LogP contribution in [0, 0.1) is 5.92 Å². The summed E-state index contributed by atoms with van der Waals surface area (Å²) < 4.78 is 0. The number of carbonyl (C=O) groups is 1. The summed E-state index contributed by atoms with van der Waals surface area (Å²) in [6.07, 6.45) is 4.42. The molecule has 0 saturated carbocycles. The molecule has 2 heterocycles.